The second-order valence-corrected chi connectivity index (χ2v) is 7.35. The van der Waals surface area contributed by atoms with Gasteiger partial charge in [-0.15, -0.1) is 0 Å². The van der Waals surface area contributed by atoms with Crippen molar-refractivity contribution in [2.45, 2.75) is 12.7 Å². The molecule has 0 aliphatic rings. The van der Waals surface area contributed by atoms with Crippen LogP contribution >= 0.6 is 0 Å². The Morgan fingerprint density at radius 1 is 0.931 bits per heavy atom. The monoisotopic (exact) mass is 409 g/mol. The van der Waals surface area contributed by atoms with E-state index in [9.17, 15) is 18.0 Å². The number of carbonyl (C=O) groups excluding carboxylic acids is 2. The van der Waals surface area contributed by atoms with Crippen molar-refractivity contribution in [2.75, 3.05) is 10.6 Å². The minimum Gasteiger partial charge on any atom is -0.322 e. The highest BCUT2D eigenvalue weighted by Gasteiger charge is 2.13. The number of nitrogens with one attached hydrogen (secondary N) is 2. The molecule has 0 radical (unpaired) electrons. The van der Waals surface area contributed by atoms with Crippen molar-refractivity contribution < 1.29 is 18.0 Å². The van der Waals surface area contributed by atoms with E-state index in [1.54, 1.807) is 67.8 Å². The predicted octanol–water partition coefficient (Wildman–Crippen LogP) is 3.01. The second-order valence-electron chi connectivity index (χ2n) is 6.37. The molecule has 2 amide bonds. The number of aromatic nitrogens is 1. The van der Waals surface area contributed by atoms with E-state index >= 15 is 0 Å². The maximum absolute atomic E-state index is 12.6. The highest BCUT2D eigenvalue weighted by atomic mass is 32.2. The average molecular weight is 409 g/mol. The van der Waals surface area contributed by atoms with Gasteiger partial charge in [-0.25, -0.2) is 8.42 Å². The van der Waals surface area contributed by atoms with Gasteiger partial charge in [0.2, 0.25) is 0 Å². The van der Waals surface area contributed by atoms with Crippen LogP contribution in [0.3, 0.4) is 0 Å². The van der Waals surface area contributed by atoms with Crippen molar-refractivity contribution in [1.82, 2.24) is 4.98 Å². The standard InChI is InChI=1S/C21H19N3O4S/c1-14-7-8-17(11-19(14)21(26)24-18-6-3-9-22-12-18)23-20(25)16-5-2-4-15(10-16)13-29(27)28/h2-12,29H,13H2,1H3,(H,23,25)(H,24,26). The fourth-order valence-corrected chi connectivity index (χ4v) is 3.24. The summed E-state index contributed by atoms with van der Waals surface area (Å²) in [6.45, 7) is 1.80. The van der Waals surface area contributed by atoms with Crippen LogP contribution in [-0.4, -0.2) is 25.2 Å². The molecule has 1 aromatic heterocycles. The zero-order valence-electron chi connectivity index (χ0n) is 15.6. The zero-order chi connectivity index (χ0) is 20.8. The Bertz CT molecular complexity index is 1120. The Labute approximate surface area is 169 Å². The van der Waals surface area contributed by atoms with Crippen LogP contribution in [0.25, 0.3) is 0 Å². The third kappa shape index (κ3) is 5.49. The lowest BCUT2D eigenvalue weighted by Gasteiger charge is -2.11. The van der Waals surface area contributed by atoms with Gasteiger partial charge in [-0.3, -0.25) is 14.6 Å². The van der Waals surface area contributed by atoms with Gasteiger partial charge < -0.3 is 10.6 Å². The molecule has 8 heteroatoms. The van der Waals surface area contributed by atoms with Crippen LogP contribution < -0.4 is 10.6 Å². The number of hydrogen-bond donors (Lipinski definition) is 3. The van der Waals surface area contributed by atoms with Crippen LogP contribution in [0, 0.1) is 6.92 Å². The molecular formula is C21H19N3O4S. The Morgan fingerprint density at radius 2 is 1.72 bits per heavy atom. The molecule has 0 atom stereocenters. The van der Waals surface area contributed by atoms with E-state index in [2.05, 4.69) is 15.6 Å². The first-order valence-corrected chi connectivity index (χ1v) is 10.1. The maximum Gasteiger partial charge on any atom is 0.256 e. The molecule has 0 aliphatic carbocycles. The number of pyridine rings is 1. The van der Waals surface area contributed by atoms with E-state index in [1.807, 2.05) is 0 Å². The van der Waals surface area contributed by atoms with E-state index in [-0.39, 0.29) is 11.7 Å². The molecule has 0 unspecified atom stereocenters. The van der Waals surface area contributed by atoms with E-state index in [1.165, 1.54) is 6.07 Å². The fraction of sp³-hybridized carbons (Fsp3) is 0.0952. The first kappa shape index (κ1) is 20.2. The van der Waals surface area contributed by atoms with Crippen LogP contribution in [0.4, 0.5) is 11.4 Å². The Morgan fingerprint density at radius 3 is 2.45 bits per heavy atom. The van der Waals surface area contributed by atoms with Crippen molar-refractivity contribution >= 4 is 33.9 Å². The van der Waals surface area contributed by atoms with Gasteiger partial charge in [0.05, 0.1) is 17.6 Å². The molecule has 148 valence electrons. The van der Waals surface area contributed by atoms with Gasteiger partial charge in [-0.2, -0.15) is 0 Å². The molecule has 0 fully saturated rings. The number of nitrogens with zero attached hydrogens (tertiary/aromatic N) is 1. The van der Waals surface area contributed by atoms with Gasteiger partial charge in [-0.1, -0.05) is 18.2 Å². The highest BCUT2D eigenvalue weighted by Crippen LogP contribution is 2.18. The lowest BCUT2D eigenvalue weighted by Crippen LogP contribution is -2.16. The smallest absolute Gasteiger partial charge is 0.256 e. The molecule has 3 aromatic rings. The molecule has 0 saturated heterocycles. The van der Waals surface area contributed by atoms with Gasteiger partial charge in [0.25, 0.3) is 11.8 Å². The number of hydrogen-bond acceptors (Lipinski definition) is 5. The number of anilines is 2. The van der Waals surface area contributed by atoms with E-state index in [0.717, 1.165) is 5.56 Å². The first-order valence-electron chi connectivity index (χ1n) is 8.76. The Kier molecular flexibility index (Phi) is 6.36. The largest absolute Gasteiger partial charge is 0.322 e. The minimum atomic E-state index is -2.57. The number of rotatable bonds is 6. The molecule has 0 spiro atoms. The van der Waals surface area contributed by atoms with Gasteiger partial charge >= 0.3 is 0 Å². The molecule has 0 aliphatic heterocycles. The summed E-state index contributed by atoms with van der Waals surface area (Å²) >= 11 is 0. The normalized spacial score (nSPS) is 10.6. The summed E-state index contributed by atoms with van der Waals surface area (Å²) in [6.07, 6.45) is 3.16. The van der Waals surface area contributed by atoms with Crippen molar-refractivity contribution in [1.29, 1.82) is 0 Å². The lowest BCUT2D eigenvalue weighted by molar-refractivity contribution is 0.101. The summed E-state index contributed by atoms with van der Waals surface area (Å²) in [5.74, 6) is -0.831. The molecule has 0 saturated carbocycles. The summed E-state index contributed by atoms with van der Waals surface area (Å²) < 4.78 is 21.8. The van der Waals surface area contributed by atoms with E-state index < -0.39 is 16.6 Å². The molecule has 0 bridgehead atoms. The average Bonchev–Trinajstić information content (AvgIpc) is 2.70. The van der Waals surface area contributed by atoms with E-state index in [4.69, 9.17) is 0 Å². The summed E-state index contributed by atoms with van der Waals surface area (Å²) in [4.78, 5) is 29.1. The fourth-order valence-electron chi connectivity index (χ4n) is 2.74. The molecule has 2 N–H and O–H groups in total. The summed E-state index contributed by atoms with van der Waals surface area (Å²) in [6, 6.07) is 14.9. The molecule has 29 heavy (non-hydrogen) atoms. The van der Waals surface area contributed by atoms with Crippen molar-refractivity contribution in [3.63, 3.8) is 0 Å². The van der Waals surface area contributed by atoms with Crippen molar-refractivity contribution in [3.05, 3.63) is 89.2 Å². The SMILES string of the molecule is Cc1ccc(NC(=O)c2cccc(C[SH](=O)=O)c2)cc1C(=O)Nc1cccnc1. The third-order valence-electron chi connectivity index (χ3n) is 4.16. The van der Waals surface area contributed by atoms with E-state index in [0.29, 0.717) is 28.1 Å². The van der Waals surface area contributed by atoms with Gasteiger partial charge in [0.1, 0.15) is 10.7 Å². The quantitative estimate of drug-likeness (QED) is 0.543. The number of aryl methyl sites for hydroxylation is 1. The number of amides is 2. The second kappa shape index (κ2) is 9.11. The van der Waals surface area contributed by atoms with Gasteiger partial charge in [-0.05, 0) is 54.4 Å². The lowest BCUT2D eigenvalue weighted by atomic mass is 10.1. The van der Waals surface area contributed by atoms with Gasteiger partial charge in [0, 0.05) is 23.0 Å². The molecule has 1 heterocycles. The number of benzene rings is 2. The first-order chi connectivity index (χ1) is 13.9. The predicted molar refractivity (Wildman–Crippen MR) is 112 cm³/mol. The summed E-state index contributed by atoms with van der Waals surface area (Å²) in [7, 11) is -2.57. The van der Waals surface area contributed by atoms with Crippen LogP contribution in [0.1, 0.15) is 31.8 Å². The third-order valence-corrected chi connectivity index (χ3v) is 4.78. The molecular weight excluding hydrogens is 390 g/mol. The molecule has 7 nitrogen and oxygen atoms in total. The topological polar surface area (TPSA) is 105 Å². The van der Waals surface area contributed by atoms with Crippen molar-refractivity contribution in [2.24, 2.45) is 0 Å². The van der Waals surface area contributed by atoms with Crippen LogP contribution in [0.2, 0.25) is 0 Å². The Hall–Kier alpha value is -3.52. The number of carbonyl (C=O) groups is 2. The van der Waals surface area contributed by atoms with Gasteiger partial charge in [0.15, 0.2) is 0 Å². The summed E-state index contributed by atoms with van der Waals surface area (Å²) in [5.41, 5.74) is 3.07. The number of thiol groups is 1. The Balaban J connectivity index is 1.77. The summed E-state index contributed by atoms with van der Waals surface area (Å²) in [5, 5.41) is 5.51. The van der Waals surface area contributed by atoms with Crippen LogP contribution in [-0.2, 0) is 16.5 Å². The molecule has 3 rings (SSSR count). The minimum absolute atomic E-state index is 0.125. The van der Waals surface area contributed by atoms with Crippen LogP contribution in [0.15, 0.2) is 67.0 Å². The van der Waals surface area contributed by atoms with Crippen molar-refractivity contribution in [3.8, 4) is 0 Å². The van der Waals surface area contributed by atoms with Crippen LogP contribution in [0.5, 0.6) is 0 Å². The maximum atomic E-state index is 12.6. The highest BCUT2D eigenvalue weighted by molar-refractivity contribution is 7.71. The zero-order valence-corrected chi connectivity index (χ0v) is 16.5. The molecule has 2 aromatic carbocycles.